The van der Waals surface area contributed by atoms with E-state index in [0.717, 1.165) is 23.7 Å². The van der Waals surface area contributed by atoms with Crippen LogP contribution in [0.4, 0.5) is 0 Å². The average molecular weight is 275 g/mol. The fourth-order valence-corrected chi connectivity index (χ4v) is 2.07. The van der Waals surface area contributed by atoms with Crippen LogP contribution in [0, 0.1) is 0 Å². The van der Waals surface area contributed by atoms with Gasteiger partial charge < -0.3 is 20.8 Å². The number of amides is 1. The zero-order valence-electron chi connectivity index (χ0n) is 11.7. The van der Waals surface area contributed by atoms with Crippen molar-refractivity contribution in [2.24, 2.45) is 5.73 Å². The maximum absolute atomic E-state index is 11.5. The fourth-order valence-electron chi connectivity index (χ4n) is 2.07. The number of carbonyl (C=O) groups excluding carboxylic acids is 1. The zero-order valence-corrected chi connectivity index (χ0v) is 11.7. The zero-order chi connectivity index (χ0) is 14.4. The summed E-state index contributed by atoms with van der Waals surface area (Å²) in [4.78, 5) is 14.7. The smallest absolute Gasteiger partial charge is 0.257 e. The number of nitrogens with two attached hydrogens (primary N) is 1. The van der Waals surface area contributed by atoms with Crippen LogP contribution in [0.5, 0.6) is 5.75 Å². The Kier molecular flexibility index (Phi) is 5.01. The summed E-state index contributed by atoms with van der Waals surface area (Å²) in [5.74, 6) is 0.602. The van der Waals surface area contributed by atoms with Gasteiger partial charge in [0.05, 0.1) is 0 Å². The Bertz CT molecular complexity index is 578. The molecule has 108 valence electrons. The summed E-state index contributed by atoms with van der Waals surface area (Å²) in [6.07, 6.45) is 3.71. The molecule has 5 nitrogen and oxygen atoms in total. The predicted octanol–water partition coefficient (Wildman–Crippen LogP) is 1.57. The molecule has 0 radical (unpaired) electrons. The summed E-state index contributed by atoms with van der Waals surface area (Å²) in [6.45, 7) is 3.35. The molecule has 4 N–H and O–H groups in total. The number of fused-ring (bicyclic) bond motifs is 1. The number of hydrogen-bond acceptors (Lipinski definition) is 3. The molecular weight excluding hydrogens is 254 g/mol. The van der Waals surface area contributed by atoms with E-state index < -0.39 is 0 Å². The van der Waals surface area contributed by atoms with Crippen LogP contribution >= 0.6 is 0 Å². The minimum absolute atomic E-state index is 0.0438. The maximum Gasteiger partial charge on any atom is 0.257 e. The topological polar surface area (TPSA) is 80.1 Å². The van der Waals surface area contributed by atoms with Gasteiger partial charge in [0.25, 0.3) is 5.91 Å². The molecule has 0 aliphatic rings. The molecule has 5 heteroatoms. The van der Waals surface area contributed by atoms with Crippen molar-refractivity contribution >= 4 is 16.8 Å². The molecule has 0 aliphatic heterocycles. The molecule has 0 aliphatic carbocycles. The van der Waals surface area contributed by atoms with E-state index in [2.05, 4.69) is 10.3 Å². The van der Waals surface area contributed by atoms with Crippen LogP contribution in [0.1, 0.15) is 18.9 Å². The molecule has 0 bridgehead atoms. The van der Waals surface area contributed by atoms with Crippen LogP contribution in [-0.4, -0.2) is 30.6 Å². The number of aromatic nitrogens is 1. The fraction of sp³-hybridized carbons (Fsp3) is 0.400. The average Bonchev–Trinajstić information content (AvgIpc) is 2.86. The van der Waals surface area contributed by atoms with Crippen molar-refractivity contribution < 1.29 is 9.53 Å². The number of H-pyrrole nitrogens is 1. The highest BCUT2D eigenvalue weighted by Gasteiger charge is 2.06. The van der Waals surface area contributed by atoms with E-state index in [0.29, 0.717) is 18.8 Å². The largest absolute Gasteiger partial charge is 0.484 e. The minimum Gasteiger partial charge on any atom is -0.484 e. The van der Waals surface area contributed by atoms with Gasteiger partial charge in [0.15, 0.2) is 6.61 Å². The Balaban J connectivity index is 2.03. The maximum atomic E-state index is 11.5. The van der Waals surface area contributed by atoms with Gasteiger partial charge in [0.1, 0.15) is 5.75 Å². The molecule has 1 amide bonds. The first-order chi connectivity index (χ1) is 9.74. The van der Waals surface area contributed by atoms with E-state index in [-0.39, 0.29) is 12.5 Å². The molecular formula is C15H21N3O2. The third-order valence-corrected chi connectivity index (χ3v) is 3.09. The summed E-state index contributed by atoms with van der Waals surface area (Å²) in [5.41, 5.74) is 7.82. The third kappa shape index (κ3) is 3.51. The molecule has 0 spiro atoms. The van der Waals surface area contributed by atoms with Gasteiger partial charge in [-0.3, -0.25) is 4.79 Å². The predicted molar refractivity (Wildman–Crippen MR) is 79.9 cm³/mol. The lowest BCUT2D eigenvalue weighted by molar-refractivity contribution is -0.123. The molecule has 0 atom stereocenters. The Morgan fingerprint density at radius 3 is 3.05 bits per heavy atom. The Hall–Kier alpha value is -2.01. The SMILES string of the molecule is CCCNC(=O)COc1ccc2[nH]cc(CCN)c2c1. The summed E-state index contributed by atoms with van der Waals surface area (Å²) >= 11 is 0. The minimum atomic E-state index is -0.0943. The molecule has 1 aromatic heterocycles. The number of carbonyl (C=O) groups is 1. The first-order valence-corrected chi connectivity index (χ1v) is 6.94. The molecule has 1 heterocycles. The number of nitrogens with one attached hydrogen (secondary N) is 2. The summed E-state index contributed by atoms with van der Waals surface area (Å²) in [5, 5.41) is 3.88. The van der Waals surface area contributed by atoms with Crippen LogP contribution in [0.25, 0.3) is 10.9 Å². The monoisotopic (exact) mass is 275 g/mol. The van der Waals surface area contributed by atoms with Crippen LogP contribution in [0.2, 0.25) is 0 Å². The van der Waals surface area contributed by atoms with Crippen molar-refractivity contribution in [3.05, 3.63) is 30.0 Å². The highest BCUT2D eigenvalue weighted by molar-refractivity contribution is 5.85. The van der Waals surface area contributed by atoms with E-state index in [9.17, 15) is 4.79 Å². The Labute approximate surface area is 118 Å². The lowest BCUT2D eigenvalue weighted by Crippen LogP contribution is -2.29. The van der Waals surface area contributed by atoms with Crippen molar-refractivity contribution in [2.75, 3.05) is 19.7 Å². The second-order valence-electron chi connectivity index (χ2n) is 4.70. The number of rotatable bonds is 7. The molecule has 1 aromatic carbocycles. The molecule has 2 rings (SSSR count). The quantitative estimate of drug-likeness (QED) is 0.717. The standard InChI is InChI=1S/C15H21N3O2/c1-2-7-17-15(19)10-20-12-3-4-14-13(8-12)11(5-6-16)9-18-14/h3-4,8-9,18H,2,5-7,10,16H2,1H3,(H,17,19). The molecule has 20 heavy (non-hydrogen) atoms. The number of hydrogen-bond donors (Lipinski definition) is 3. The summed E-state index contributed by atoms with van der Waals surface area (Å²) in [7, 11) is 0. The van der Waals surface area contributed by atoms with Gasteiger partial charge in [-0.25, -0.2) is 0 Å². The van der Waals surface area contributed by atoms with E-state index in [1.54, 1.807) is 0 Å². The lowest BCUT2D eigenvalue weighted by Gasteiger charge is -2.07. The van der Waals surface area contributed by atoms with Gasteiger partial charge in [0.2, 0.25) is 0 Å². The van der Waals surface area contributed by atoms with Crippen molar-refractivity contribution in [3.8, 4) is 5.75 Å². The van der Waals surface area contributed by atoms with Crippen molar-refractivity contribution in [1.29, 1.82) is 0 Å². The van der Waals surface area contributed by atoms with E-state index in [1.165, 1.54) is 5.56 Å². The second kappa shape index (κ2) is 6.96. The van der Waals surface area contributed by atoms with Crippen LogP contribution in [-0.2, 0) is 11.2 Å². The highest BCUT2D eigenvalue weighted by Crippen LogP contribution is 2.23. The van der Waals surface area contributed by atoms with Crippen LogP contribution in [0.3, 0.4) is 0 Å². The highest BCUT2D eigenvalue weighted by atomic mass is 16.5. The Morgan fingerprint density at radius 2 is 2.30 bits per heavy atom. The van der Waals surface area contributed by atoms with Crippen molar-refractivity contribution in [3.63, 3.8) is 0 Å². The third-order valence-electron chi connectivity index (χ3n) is 3.09. The van der Waals surface area contributed by atoms with Crippen molar-refractivity contribution in [1.82, 2.24) is 10.3 Å². The number of aromatic amines is 1. The molecule has 0 fully saturated rings. The second-order valence-corrected chi connectivity index (χ2v) is 4.70. The first-order valence-electron chi connectivity index (χ1n) is 6.94. The van der Waals surface area contributed by atoms with Gasteiger partial charge >= 0.3 is 0 Å². The molecule has 0 saturated carbocycles. The van der Waals surface area contributed by atoms with Crippen molar-refractivity contribution in [2.45, 2.75) is 19.8 Å². The van der Waals surface area contributed by atoms with Crippen LogP contribution in [0.15, 0.2) is 24.4 Å². The number of benzene rings is 1. The van der Waals surface area contributed by atoms with Gasteiger partial charge in [-0.1, -0.05) is 6.92 Å². The van der Waals surface area contributed by atoms with E-state index in [4.69, 9.17) is 10.5 Å². The summed E-state index contributed by atoms with van der Waals surface area (Å²) in [6, 6.07) is 5.76. The van der Waals surface area contributed by atoms with E-state index in [1.807, 2.05) is 31.3 Å². The summed E-state index contributed by atoms with van der Waals surface area (Å²) < 4.78 is 5.52. The Morgan fingerprint density at radius 1 is 1.45 bits per heavy atom. The first kappa shape index (κ1) is 14.4. The number of ether oxygens (including phenoxy) is 1. The van der Waals surface area contributed by atoms with Gasteiger partial charge in [0, 0.05) is 23.6 Å². The molecule has 0 unspecified atom stereocenters. The van der Waals surface area contributed by atoms with Gasteiger partial charge in [-0.15, -0.1) is 0 Å². The van der Waals surface area contributed by atoms with Crippen LogP contribution < -0.4 is 15.8 Å². The van der Waals surface area contributed by atoms with Gasteiger partial charge in [-0.05, 0) is 43.1 Å². The molecule has 0 saturated heterocycles. The van der Waals surface area contributed by atoms with E-state index >= 15 is 0 Å². The normalized spacial score (nSPS) is 10.7. The molecule has 2 aromatic rings. The lowest BCUT2D eigenvalue weighted by atomic mass is 10.1. The van der Waals surface area contributed by atoms with Gasteiger partial charge in [-0.2, -0.15) is 0 Å².